The summed E-state index contributed by atoms with van der Waals surface area (Å²) in [6.07, 6.45) is -3.95. The molecule has 0 aliphatic carbocycles. The van der Waals surface area contributed by atoms with Crippen LogP contribution in [0.3, 0.4) is 0 Å². The number of benzene rings is 2. The fourth-order valence-corrected chi connectivity index (χ4v) is 3.22. The van der Waals surface area contributed by atoms with Crippen LogP contribution in [0.25, 0.3) is 0 Å². The van der Waals surface area contributed by atoms with Crippen LogP contribution >= 0.6 is 0 Å². The highest BCUT2D eigenvalue weighted by Gasteiger charge is 2.30. The van der Waals surface area contributed by atoms with Gasteiger partial charge >= 0.3 is 6.18 Å². The molecule has 148 valence electrons. The summed E-state index contributed by atoms with van der Waals surface area (Å²) in [5, 5.41) is 11.8. The van der Waals surface area contributed by atoms with E-state index in [4.69, 9.17) is 5.11 Å². The largest absolute Gasteiger partial charge is 0.416 e. The van der Waals surface area contributed by atoms with Crippen molar-refractivity contribution in [2.75, 3.05) is 25.0 Å². The number of carbonyl (C=O) groups excluding carboxylic acids is 2. The van der Waals surface area contributed by atoms with Crippen molar-refractivity contribution in [3.63, 3.8) is 0 Å². The van der Waals surface area contributed by atoms with E-state index in [0.29, 0.717) is 29.8 Å². The number of nitrogens with zero attached hydrogens (tertiary/aromatic N) is 1. The summed E-state index contributed by atoms with van der Waals surface area (Å²) in [4.78, 5) is 26.3. The molecular formula is C20H19F3N2O3. The summed E-state index contributed by atoms with van der Waals surface area (Å²) in [6.45, 7) is 0.575. The Balaban J connectivity index is 1.71. The molecule has 0 aromatic heterocycles. The number of β-amino-alcohol motifs (C(OH)–C–C–N with tert-alkyl or cyclic N) is 1. The van der Waals surface area contributed by atoms with Crippen LogP contribution in [0.5, 0.6) is 0 Å². The number of aliphatic hydroxyl groups is 1. The second-order valence-electron chi connectivity index (χ2n) is 6.52. The number of alkyl halides is 3. The summed E-state index contributed by atoms with van der Waals surface area (Å²) in [6, 6.07) is 9.47. The van der Waals surface area contributed by atoms with E-state index in [-0.39, 0.29) is 31.4 Å². The molecule has 2 aromatic carbocycles. The van der Waals surface area contributed by atoms with Gasteiger partial charge in [-0.15, -0.1) is 0 Å². The highest BCUT2D eigenvalue weighted by atomic mass is 19.4. The minimum atomic E-state index is -4.42. The van der Waals surface area contributed by atoms with E-state index >= 15 is 0 Å². The maximum atomic E-state index is 12.6. The Kier molecular flexibility index (Phi) is 5.69. The maximum absolute atomic E-state index is 12.6. The summed E-state index contributed by atoms with van der Waals surface area (Å²) in [5.74, 6) is -0.576. The van der Waals surface area contributed by atoms with Gasteiger partial charge in [-0.25, -0.2) is 0 Å². The summed E-state index contributed by atoms with van der Waals surface area (Å²) in [5.41, 5.74) is 1.42. The summed E-state index contributed by atoms with van der Waals surface area (Å²) in [7, 11) is 0. The predicted octanol–water partition coefficient (Wildman–Crippen LogP) is 2.88. The van der Waals surface area contributed by atoms with Crippen LogP contribution in [-0.2, 0) is 23.8 Å². The molecule has 5 nitrogen and oxygen atoms in total. The molecule has 0 saturated carbocycles. The molecule has 28 heavy (non-hydrogen) atoms. The van der Waals surface area contributed by atoms with Gasteiger partial charge in [0.25, 0.3) is 5.91 Å². The number of rotatable bonds is 5. The number of carbonyl (C=O) groups is 2. The zero-order valence-corrected chi connectivity index (χ0v) is 14.9. The Labute approximate surface area is 159 Å². The highest BCUT2D eigenvalue weighted by molar-refractivity contribution is 6.00. The van der Waals surface area contributed by atoms with Crippen molar-refractivity contribution in [2.24, 2.45) is 0 Å². The standard InChI is InChI=1S/C20H19F3N2O3/c21-20(22,23)14-6-4-13(5-7-14)12-18(27)24-17-3-1-2-16-15(17)8-9-25(10-11-26)19(16)28/h1-7,26H,8-12H2,(H,24,27). The van der Waals surface area contributed by atoms with Crippen LogP contribution in [0.1, 0.15) is 27.0 Å². The minimum absolute atomic E-state index is 0.0770. The number of fused-ring (bicyclic) bond motifs is 1. The van der Waals surface area contributed by atoms with Crippen LogP contribution in [-0.4, -0.2) is 41.5 Å². The number of aliphatic hydroxyl groups excluding tert-OH is 1. The molecule has 0 fully saturated rings. The molecule has 0 spiro atoms. The molecule has 1 aliphatic rings. The number of halogens is 3. The van der Waals surface area contributed by atoms with Gasteiger partial charge in [-0.3, -0.25) is 9.59 Å². The molecule has 1 aliphatic heterocycles. The number of hydrogen-bond donors (Lipinski definition) is 2. The lowest BCUT2D eigenvalue weighted by Gasteiger charge is -2.29. The molecule has 0 saturated heterocycles. The van der Waals surface area contributed by atoms with E-state index < -0.39 is 11.7 Å². The van der Waals surface area contributed by atoms with Crippen LogP contribution < -0.4 is 5.32 Å². The van der Waals surface area contributed by atoms with Crippen molar-refractivity contribution in [3.05, 3.63) is 64.7 Å². The quantitative estimate of drug-likeness (QED) is 0.822. The van der Waals surface area contributed by atoms with Gasteiger partial charge in [-0.2, -0.15) is 13.2 Å². The lowest BCUT2D eigenvalue weighted by Crippen LogP contribution is -2.39. The van der Waals surface area contributed by atoms with Gasteiger partial charge in [-0.05, 0) is 41.8 Å². The van der Waals surface area contributed by atoms with E-state index in [1.807, 2.05) is 0 Å². The van der Waals surface area contributed by atoms with Gasteiger partial charge in [0.15, 0.2) is 0 Å². The fraction of sp³-hybridized carbons (Fsp3) is 0.300. The van der Waals surface area contributed by atoms with Crippen molar-refractivity contribution >= 4 is 17.5 Å². The van der Waals surface area contributed by atoms with Crippen molar-refractivity contribution in [2.45, 2.75) is 19.0 Å². The molecular weight excluding hydrogens is 373 g/mol. The second-order valence-corrected chi connectivity index (χ2v) is 6.52. The summed E-state index contributed by atoms with van der Waals surface area (Å²) < 4.78 is 37.8. The normalized spacial score (nSPS) is 14.0. The van der Waals surface area contributed by atoms with E-state index in [1.165, 1.54) is 12.1 Å². The average molecular weight is 392 g/mol. The van der Waals surface area contributed by atoms with Gasteiger partial charge in [0.2, 0.25) is 5.91 Å². The first-order chi connectivity index (χ1) is 13.3. The first-order valence-corrected chi connectivity index (χ1v) is 8.77. The monoisotopic (exact) mass is 392 g/mol. The topological polar surface area (TPSA) is 69.6 Å². The third kappa shape index (κ3) is 4.33. The van der Waals surface area contributed by atoms with Gasteiger partial charge in [0.05, 0.1) is 18.6 Å². The highest BCUT2D eigenvalue weighted by Crippen LogP contribution is 2.29. The van der Waals surface area contributed by atoms with Crippen LogP contribution in [0, 0.1) is 0 Å². The van der Waals surface area contributed by atoms with Gasteiger partial charge in [0, 0.05) is 24.3 Å². The van der Waals surface area contributed by atoms with E-state index in [2.05, 4.69) is 5.32 Å². The molecule has 0 bridgehead atoms. The van der Waals surface area contributed by atoms with Crippen molar-refractivity contribution in [1.29, 1.82) is 0 Å². The first-order valence-electron chi connectivity index (χ1n) is 8.77. The molecule has 0 unspecified atom stereocenters. The lowest BCUT2D eigenvalue weighted by atomic mass is 9.97. The number of hydrogen-bond acceptors (Lipinski definition) is 3. The Morgan fingerprint density at radius 2 is 1.86 bits per heavy atom. The zero-order valence-electron chi connectivity index (χ0n) is 14.9. The van der Waals surface area contributed by atoms with Crippen LogP contribution in [0.4, 0.5) is 18.9 Å². The van der Waals surface area contributed by atoms with Gasteiger partial charge < -0.3 is 15.3 Å². The van der Waals surface area contributed by atoms with Crippen molar-refractivity contribution < 1.29 is 27.9 Å². The summed E-state index contributed by atoms with van der Waals surface area (Å²) >= 11 is 0. The Morgan fingerprint density at radius 3 is 2.50 bits per heavy atom. The van der Waals surface area contributed by atoms with Crippen LogP contribution in [0.2, 0.25) is 0 Å². The van der Waals surface area contributed by atoms with Crippen molar-refractivity contribution in [1.82, 2.24) is 4.90 Å². The Hall–Kier alpha value is -2.87. The third-order valence-electron chi connectivity index (χ3n) is 4.62. The van der Waals surface area contributed by atoms with Crippen LogP contribution in [0.15, 0.2) is 42.5 Å². The van der Waals surface area contributed by atoms with Crippen molar-refractivity contribution in [3.8, 4) is 0 Å². The minimum Gasteiger partial charge on any atom is -0.395 e. The van der Waals surface area contributed by atoms with Gasteiger partial charge in [-0.1, -0.05) is 18.2 Å². The molecule has 2 amide bonds. The van der Waals surface area contributed by atoms with E-state index in [0.717, 1.165) is 17.7 Å². The smallest absolute Gasteiger partial charge is 0.395 e. The third-order valence-corrected chi connectivity index (χ3v) is 4.62. The van der Waals surface area contributed by atoms with E-state index in [9.17, 15) is 22.8 Å². The molecule has 1 heterocycles. The zero-order chi connectivity index (χ0) is 20.3. The number of nitrogens with one attached hydrogen (secondary N) is 1. The lowest BCUT2D eigenvalue weighted by molar-refractivity contribution is -0.137. The number of amides is 2. The SMILES string of the molecule is O=C(Cc1ccc(C(F)(F)F)cc1)Nc1cccc2c1CCN(CCO)C2=O. The maximum Gasteiger partial charge on any atom is 0.416 e. The number of anilines is 1. The first kappa shape index (κ1) is 19.9. The fourth-order valence-electron chi connectivity index (χ4n) is 3.22. The molecule has 0 radical (unpaired) electrons. The predicted molar refractivity (Wildman–Crippen MR) is 96.9 cm³/mol. The molecule has 0 atom stereocenters. The molecule has 8 heteroatoms. The Morgan fingerprint density at radius 1 is 1.14 bits per heavy atom. The van der Waals surface area contributed by atoms with Gasteiger partial charge in [0.1, 0.15) is 0 Å². The average Bonchev–Trinajstić information content (AvgIpc) is 2.64. The second kappa shape index (κ2) is 8.02. The molecule has 2 N–H and O–H groups in total. The Bertz CT molecular complexity index is 879. The molecule has 3 rings (SSSR count). The molecule has 2 aromatic rings. The van der Waals surface area contributed by atoms with E-state index in [1.54, 1.807) is 23.1 Å².